The van der Waals surface area contributed by atoms with E-state index < -0.39 is 0 Å². The highest BCUT2D eigenvalue weighted by Crippen LogP contribution is 2.47. The van der Waals surface area contributed by atoms with E-state index in [1.165, 1.54) is 16.7 Å². The van der Waals surface area contributed by atoms with Gasteiger partial charge in [0.25, 0.3) is 0 Å². The van der Waals surface area contributed by atoms with E-state index in [1.54, 1.807) is 25.3 Å². The van der Waals surface area contributed by atoms with Crippen molar-refractivity contribution in [3.05, 3.63) is 87.4 Å². The first-order valence-electron chi connectivity index (χ1n) is 11.9. The van der Waals surface area contributed by atoms with E-state index in [9.17, 15) is 4.79 Å². The minimum atomic E-state index is -0.149. The Labute approximate surface area is 216 Å². The van der Waals surface area contributed by atoms with Crippen LogP contribution in [0.1, 0.15) is 29.5 Å². The number of halogens is 2. The Morgan fingerprint density at radius 1 is 1.03 bits per heavy atom. The predicted molar refractivity (Wildman–Crippen MR) is 143 cm³/mol. The molecule has 2 heterocycles. The summed E-state index contributed by atoms with van der Waals surface area (Å²) in [5.41, 5.74) is 5.34. The number of aryl methyl sites for hydroxylation is 1. The molecule has 7 heteroatoms. The number of fused-ring (bicyclic) bond motifs is 2. The maximum atomic E-state index is 13.4. The number of rotatable bonds is 4. The normalized spacial score (nSPS) is 16.9. The van der Waals surface area contributed by atoms with Crippen LogP contribution in [-0.2, 0) is 12.0 Å². The van der Waals surface area contributed by atoms with Crippen LogP contribution in [0.15, 0.2) is 60.7 Å². The van der Waals surface area contributed by atoms with E-state index in [2.05, 4.69) is 47.5 Å². The van der Waals surface area contributed by atoms with Crippen LogP contribution in [0.2, 0.25) is 10.0 Å². The first kappa shape index (κ1) is 24.0. The zero-order valence-electron chi connectivity index (χ0n) is 20.0. The number of piperidine rings is 1. The van der Waals surface area contributed by atoms with Crippen LogP contribution in [0, 0.1) is 6.92 Å². The molecular weight excluding hydrogens is 481 g/mol. The van der Waals surface area contributed by atoms with Gasteiger partial charge in [-0.15, -0.1) is 0 Å². The van der Waals surface area contributed by atoms with Crippen molar-refractivity contribution in [2.45, 2.75) is 31.7 Å². The second-order valence-corrected chi connectivity index (χ2v) is 10.4. The first-order valence-corrected chi connectivity index (χ1v) is 12.6. The quantitative estimate of drug-likeness (QED) is 0.416. The van der Waals surface area contributed by atoms with E-state index in [-0.39, 0.29) is 11.4 Å². The number of anilines is 2. The largest absolute Gasteiger partial charge is 0.497 e. The molecule has 5 rings (SSSR count). The Kier molecular flexibility index (Phi) is 6.67. The molecule has 1 saturated heterocycles. The average Bonchev–Trinajstić information content (AvgIpc) is 3.16. The Morgan fingerprint density at radius 3 is 2.57 bits per heavy atom. The zero-order valence-corrected chi connectivity index (χ0v) is 21.5. The fourth-order valence-corrected chi connectivity index (χ4v) is 5.62. The molecule has 0 bridgehead atoms. The number of hydrogen-bond acceptors (Lipinski definition) is 3. The number of nitrogens with zero attached hydrogens (tertiary/aromatic N) is 2. The van der Waals surface area contributed by atoms with E-state index in [4.69, 9.17) is 27.9 Å². The molecule has 2 aliphatic rings. The van der Waals surface area contributed by atoms with Gasteiger partial charge in [-0.05, 0) is 80.4 Å². The second-order valence-electron chi connectivity index (χ2n) is 9.57. The third kappa shape index (κ3) is 4.86. The summed E-state index contributed by atoms with van der Waals surface area (Å²) in [5.74, 6) is 0.889. The lowest BCUT2D eigenvalue weighted by atomic mass is 9.74. The Balaban J connectivity index is 1.33. The van der Waals surface area contributed by atoms with Crippen molar-refractivity contribution in [1.82, 2.24) is 4.90 Å². The van der Waals surface area contributed by atoms with Gasteiger partial charge in [0.05, 0.1) is 17.2 Å². The maximum absolute atomic E-state index is 13.4. The van der Waals surface area contributed by atoms with E-state index in [1.807, 2.05) is 17.0 Å². The first-order chi connectivity index (χ1) is 16.9. The van der Waals surface area contributed by atoms with Crippen molar-refractivity contribution in [1.29, 1.82) is 0 Å². The number of amides is 2. The highest BCUT2D eigenvalue weighted by atomic mass is 35.5. The summed E-state index contributed by atoms with van der Waals surface area (Å²) in [6.45, 7) is 5.64. The Hall–Kier alpha value is -2.73. The summed E-state index contributed by atoms with van der Waals surface area (Å²) in [7, 11) is 1.70. The number of benzene rings is 3. The van der Waals surface area contributed by atoms with Crippen molar-refractivity contribution in [3.8, 4) is 5.75 Å². The molecule has 0 unspecified atom stereocenters. The number of nitrogens with one attached hydrogen (secondary N) is 1. The molecule has 0 aliphatic carbocycles. The van der Waals surface area contributed by atoms with E-state index >= 15 is 0 Å². The number of methoxy groups -OCH3 is 1. The molecule has 1 fully saturated rings. The van der Waals surface area contributed by atoms with Gasteiger partial charge in [0.15, 0.2) is 0 Å². The minimum Gasteiger partial charge on any atom is -0.497 e. The SMILES string of the molecule is COc1cccc(CN2CCC3(CC2)CN(C(=O)Nc2ccc(Cl)c(Cl)c2)c2ccc(C)cc23)c1. The molecule has 0 atom stereocenters. The van der Waals surface area contributed by atoms with Gasteiger partial charge in [0, 0.05) is 29.9 Å². The number of likely N-dealkylation sites (tertiary alicyclic amines) is 1. The van der Waals surface area contributed by atoms with Gasteiger partial charge in [-0.3, -0.25) is 9.80 Å². The fourth-order valence-electron chi connectivity index (χ4n) is 5.32. The van der Waals surface area contributed by atoms with Crippen LogP contribution in [0.25, 0.3) is 0 Å². The van der Waals surface area contributed by atoms with Crippen LogP contribution in [0.4, 0.5) is 16.2 Å². The number of carbonyl (C=O) groups is 1. The molecule has 0 aromatic heterocycles. The molecule has 2 amide bonds. The van der Waals surface area contributed by atoms with Crippen LogP contribution in [-0.4, -0.2) is 37.7 Å². The topological polar surface area (TPSA) is 44.8 Å². The number of urea groups is 1. The molecule has 2 aliphatic heterocycles. The molecule has 3 aromatic carbocycles. The Bertz CT molecular complexity index is 1250. The smallest absolute Gasteiger partial charge is 0.326 e. The molecule has 0 saturated carbocycles. The summed E-state index contributed by atoms with van der Waals surface area (Å²) in [6, 6.07) is 19.7. The van der Waals surface area contributed by atoms with Gasteiger partial charge in [-0.25, -0.2) is 4.79 Å². The zero-order chi connectivity index (χ0) is 24.6. The minimum absolute atomic E-state index is 0.0405. The van der Waals surface area contributed by atoms with Crippen molar-refractivity contribution in [2.75, 3.05) is 37.0 Å². The van der Waals surface area contributed by atoms with Crippen LogP contribution >= 0.6 is 23.2 Å². The summed E-state index contributed by atoms with van der Waals surface area (Å²) >= 11 is 12.2. The van der Waals surface area contributed by atoms with Crippen molar-refractivity contribution < 1.29 is 9.53 Å². The predicted octanol–water partition coefficient (Wildman–Crippen LogP) is 6.90. The van der Waals surface area contributed by atoms with Gasteiger partial charge in [0.2, 0.25) is 0 Å². The molecule has 5 nitrogen and oxygen atoms in total. The lowest BCUT2D eigenvalue weighted by Crippen LogP contribution is -2.46. The van der Waals surface area contributed by atoms with E-state index in [0.29, 0.717) is 22.3 Å². The van der Waals surface area contributed by atoms with Crippen LogP contribution in [0.3, 0.4) is 0 Å². The lowest BCUT2D eigenvalue weighted by molar-refractivity contribution is 0.160. The maximum Gasteiger partial charge on any atom is 0.326 e. The fraction of sp³-hybridized carbons (Fsp3) is 0.321. The number of carbonyl (C=O) groups excluding carboxylic acids is 1. The standard InChI is InChI=1S/C28H29Cl2N3O2/c1-19-6-9-26-23(14-19)28(18-33(26)27(34)31-21-7-8-24(29)25(30)16-21)10-12-32(13-11-28)17-20-4-3-5-22(15-20)35-2/h3-9,14-16H,10-13,17-18H2,1-2H3,(H,31,34). The van der Waals surface area contributed by atoms with Crippen molar-refractivity contribution in [2.24, 2.45) is 0 Å². The van der Waals surface area contributed by atoms with Gasteiger partial charge >= 0.3 is 6.03 Å². The molecule has 0 radical (unpaired) electrons. The van der Waals surface area contributed by atoms with Gasteiger partial charge in [-0.1, -0.05) is 53.0 Å². The average molecular weight is 510 g/mol. The van der Waals surface area contributed by atoms with Gasteiger partial charge in [-0.2, -0.15) is 0 Å². The summed E-state index contributed by atoms with van der Waals surface area (Å²) in [5, 5.41) is 3.89. The summed E-state index contributed by atoms with van der Waals surface area (Å²) in [6.07, 6.45) is 2.01. The Morgan fingerprint density at radius 2 is 1.83 bits per heavy atom. The second kappa shape index (κ2) is 9.73. The van der Waals surface area contributed by atoms with Crippen LogP contribution in [0.5, 0.6) is 5.75 Å². The molecule has 1 spiro atoms. The molecule has 35 heavy (non-hydrogen) atoms. The highest BCUT2D eigenvalue weighted by Gasteiger charge is 2.46. The molecule has 1 N–H and O–H groups in total. The molecule has 182 valence electrons. The lowest BCUT2D eigenvalue weighted by Gasteiger charge is -2.40. The van der Waals surface area contributed by atoms with Gasteiger partial charge < -0.3 is 10.1 Å². The molecular formula is C28H29Cl2N3O2. The summed E-state index contributed by atoms with van der Waals surface area (Å²) < 4.78 is 5.38. The molecule has 3 aromatic rings. The third-order valence-corrected chi connectivity index (χ3v) is 7.98. The highest BCUT2D eigenvalue weighted by molar-refractivity contribution is 6.42. The van der Waals surface area contributed by atoms with Crippen molar-refractivity contribution in [3.63, 3.8) is 0 Å². The van der Waals surface area contributed by atoms with Crippen LogP contribution < -0.4 is 15.0 Å². The summed E-state index contributed by atoms with van der Waals surface area (Å²) in [4.78, 5) is 17.7. The third-order valence-electron chi connectivity index (χ3n) is 7.24. The van der Waals surface area contributed by atoms with E-state index in [0.717, 1.165) is 43.9 Å². The van der Waals surface area contributed by atoms with Crippen molar-refractivity contribution >= 4 is 40.6 Å². The number of hydrogen-bond donors (Lipinski definition) is 1. The monoisotopic (exact) mass is 509 g/mol. The van der Waals surface area contributed by atoms with Gasteiger partial charge in [0.1, 0.15) is 5.75 Å². The number of ether oxygens (including phenoxy) is 1.